The standard InChI is InChI=1S/C16H18N2O4/c1-3-10(2)17-16(19)8-12-7-14(22-18-12)11-4-5-13-15(6-11)21-9-20-13/h4-7,10H,3,8-9H2,1-2H3,(H,17,19). The molecule has 1 aliphatic heterocycles. The normalized spacial score (nSPS) is 13.9. The van der Waals surface area contributed by atoms with E-state index < -0.39 is 0 Å². The van der Waals surface area contributed by atoms with Gasteiger partial charge in [0.15, 0.2) is 17.3 Å². The van der Waals surface area contributed by atoms with Gasteiger partial charge in [0.05, 0.1) is 12.1 Å². The van der Waals surface area contributed by atoms with Crippen molar-refractivity contribution in [2.75, 3.05) is 6.79 Å². The highest BCUT2D eigenvalue weighted by molar-refractivity contribution is 5.78. The highest BCUT2D eigenvalue weighted by Crippen LogP contribution is 2.35. The van der Waals surface area contributed by atoms with Gasteiger partial charge in [-0.25, -0.2) is 0 Å². The van der Waals surface area contributed by atoms with E-state index in [1.807, 2.05) is 32.0 Å². The van der Waals surface area contributed by atoms with E-state index >= 15 is 0 Å². The first-order valence-electron chi connectivity index (χ1n) is 7.30. The van der Waals surface area contributed by atoms with E-state index in [1.54, 1.807) is 6.07 Å². The molecule has 1 atom stereocenters. The zero-order chi connectivity index (χ0) is 15.5. The molecule has 3 rings (SSSR count). The van der Waals surface area contributed by atoms with Crippen LogP contribution in [0.1, 0.15) is 26.0 Å². The van der Waals surface area contributed by atoms with Crippen molar-refractivity contribution >= 4 is 5.91 Å². The number of nitrogens with one attached hydrogen (secondary N) is 1. The van der Waals surface area contributed by atoms with Crippen molar-refractivity contribution in [3.63, 3.8) is 0 Å². The molecule has 0 fully saturated rings. The van der Waals surface area contributed by atoms with Crippen LogP contribution in [0.15, 0.2) is 28.8 Å². The minimum Gasteiger partial charge on any atom is -0.454 e. The number of benzene rings is 1. The summed E-state index contributed by atoms with van der Waals surface area (Å²) in [7, 11) is 0. The molecule has 22 heavy (non-hydrogen) atoms. The number of hydrogen-bond donors (Lipinski definition) is 1. The lowest BCUT2D eigenvalue weighted by molar-refractivity contribution is -0.121. The molecule has 0 saturated carbocycles. The lowest BCUT2D eigenvalue weighted by Crippen LogP contribution is -2.33. The third kappa shape index (κ3) is 3.05. The Kier molecular flexibility index (Phi) is 4.00. The maximum Gasteiger partial charge on any atom is 0.231 e. The number of ether oxygens (including phenoxy) is 2. The van der Waals surface area contributed by atoms with Gasteiger partial charge in [0.25, 0.3) is 0 Å². The Bertz CT molecular complexity index is 681. The van der Waals surface area contributed by atoms with Gasteiger partial charge in [-0.2, -0.15) is 0 Å². The number of nitrogens with zero attached hydrogens (tertiary/aromatic N) is 1. The number of rotatable bonds is 5. The van der Waals surface area contributed by atoms with Crippen LogP contribution >= 0.6 is 0 Å². The lowest BCUT2D eigenvalue weighted by Gasteiger charge is -2.09. The summed E-state index contributed by atoms with van der Waals surface area (Å²) in [5.74, 6) is 1.95. The average molecular weight is 302 g/mol. The first kappa shape index (κ1) is 14.4. The maximum absolute atomic E-state index is 11.9. The maximum atomic E-state index is 11.9. The van der Waals surface area contributed by atoms with Crippen LogP contribution in [0.2, 0.25) is 0 Å². The predicted octanol–water partition coefficient (Wildman–Crippen LogP) is 2.53. The molecule has 0 bridgehead atoms. The fourth-order valence-electron chi connectivity index (χ4n) is 2.17. The fourth-order valence-corrected chi connectivity index (χ4v) is 2.17. The van der Waals surface area contributed by atoms with Gasteiger partial charge in [-0.15, -0.1) is 0 Å². The Hall–Kier alpha value is -2.50. The molecule has 0 saturated heterocycles. The summed E-state index contributed by atoms with van der Waals surface area (Å²) in [6.07, 6.45) is 1.10. The fraction of sp³-hybridized carbons (Fsp3) is 0.375. The molecule has 0 spiro atoms. The van der Waals surface area contributed by atoms with Crippen LogP contribution in [0, 0.1) is 0 Å². The molecule has 1 N–H and O–H groups in total. The quantitative estimate of drug-likeness (QED) is 0.918. The van der Waals surface area contributed by atoms with Crippen LogP contribution in [0.25, 0.3) is 11.3 Å². The first-order valence-corrected chi connectivity index (χ1v) is 7.30. The molecule has 0 radical (unpaired) electrons. The van der Waals surface area contributed by atoms with Crippen molar-refractivity contribution in [2.45, 2.75) is 32.7 Å². The van der Waals surface area contributed by atoms with Crippen LogP contribution in [0.4, 0.5) is 0 Å². The van der Waals surface area contributed by atoms with Crippen molar-refractivity contribution in [1.29, 1.82) is 0 Å². The summed E-state index contributed by atoms with van der Waals surface area (Å²) in [5.41, 5.74) is 1.44. The number of amides is 1. The summed E-state index contributed by atoms with van der Waals surface area (Å²) >= 11 is 0. The van der Waals surface area contributed by atoms with Crippen molar-refractivity contribution in [1.82, 2.24) is 10.5 Å². The van der Waals surface area contributed by atoms with Gasteiger partial charge >= 0.3 is 0 Å². The van der Waals surface area contributed by atoms with Gasteiger partial charge in [0.1, 0.15) is 0 Å². The van der Waals surface area contributed by atoms with Crippen LogP contribution < -0.4 is 14.8 Å². The van der Waals surface area contributed by atoms with Crippen LogP contribution in [-0.2, 0) is 11.2 Å². The molecule has 1 aliphatic rings. The van der Waals surface area contributed by atoms with E-state index in [9.17, 15) is 4.79 Å². The molecule has 1 amide bonds. The average Bonchev–Trinajstić information content (AvgIpc) is 3.14. The third-order valence-electron chi connectivity index (χ3n) is 3.58. The van der Waals surface area contributed by atoms with Gasteiger partial charge in [-0.1, -0.05) is 12.1 Å². The number of carbonyl (C=O) groups is 1. The second-order valence-corrected chi connectivity index (χ2v) is 5.30. The van der Waals surface area contributed by atoms with E-state index in [0.717, 1.165) is 17.7 Å². The van der Waals surface area contributed by atoms with Crippen molar-refractivity contribution in [3.8, 4) is 22.8 Å². The highest BCUT2D eigenvalue weighted by atomic mass is 16.7. The molecule has 1 aromatic heterocycles. The molecule has 116 valence electrons. The zero-order valence-corrected chi connectivity index (χ0v) is 12.6. The SMILES string of the molecule is CCC(C)NC(=O)Cc1cc(-c2ccc3c(c2)OCO3)on1. The summed E-state index contributed by atoms with van der Waals surface area (Å²) in [6, 6.07) is 7.47. The van der Waals surface area contributed by atoms with Gasteiger partial charge in [-0.3, -0.25) is 4.79 Å². The van der Waals surface area contributed by atoms with Gasteiger partial charge in [0, 0.05) is 17.7 Å². The van der Waals surface area contributed by atoms with E-state index in [2.05, 4.69) is 10.5 Å². The molecule has 0 aliphatic carbocycles. The Balaban J connectivity index is 1.70. The third-order valence-corrected chi connectivity index (χ3v) is 3.58. The summed E-state index contributed by atoms with van der Waals surface area (Å²) in [5, 5.41) is 6.86. The Morgan fingerprint density at radius 1 is 1.32 bits per heavy atom. The lowest BCUT2D eigenvalue weighted by atomic mass is 10.1. The highest BCUT2D eigenvalue weighted by Gasteiger charge is 2.17. The van der Waals surface area contributed by atoms with Crippen molar-refractivity contribution in [2.24, 2.45) is 0 Å². The van der Waals surface area contributed by atoms with Crippen LogP contribution in [0.5, 0.6) is 11.5 Å². The number of aromatic nitrogens is 1. The first-order chi connectivity index (χ1) is 10.7. The van der Waals surface area contributed by atoms with Gasteiger partial charge in [-0.05, 0) is 31.5 Å². The van der Waals surface area contributed by atoms with E-state index in [-0.39, 0.29) is 25.2 Å². The molecule has 6 heteroatoms. The molecule has 2 heterocycles. The zero-order valence-electron chi connectivity index (χ0n) is 12.6. The molecular formula is C16H18N2O4. The van der Waals surface area contributed by atoms with Crippen LogP contribution in [0.3, 0.4) is 0 Å². The largest absolute Gasteiger partial charge is 0.454 e. The molecule has 1 aromatic carbocycles. The van der Waals surface area contributed by atoms with Gasteiger partial charge < -0.3 is 19.3 Å². The van der Waals surface area contributed by atoms with E-state index in [1.165, 1.54) is 0 Å². The number of hydrogen-bond acceptors (Lipinski definition) is 5. The summed E-state index contributed by atoms with van der Waals surface area (Å²) in [6.45, 7) is 4.23. The number of fused-ring (bicyclic) bond motifs is 1. The minimum absolute atomic E-state index is 0.0557. The predicted molar refractivity (Wildman–Crippen MR) is 79.7 cm³/mol. The second kappa shape index (κ2) is 6.09. The van der Waals surface area contributed by atoms with E-state index in [4.69, 9.17) is 14.0 Å². The van der Waals surface area contributed by atoms with Crippen molar-refractivity contribution < 1.29 is 18.8 Å². The molecule has 2 aromatic rings. The minimum atomic E-state index is -0.0557. The smallest absolute Gasteiger partial charge is 0.231 e. The summed E-state index contributed by atoms with van der Waals surface area (Å²) in [4.78, 5) is 11.9. The summed E-state index contributed by atoms with van der Waals surface area (Å²) < 4.78 is 15.9. The van der Waals surface area contributed by atoms with Gasteiger partial charge in [0.2, 0.25) is 12.7 Å². The molecule has 6 nitrogen and oxygen atoms in total. The number of carbonyl (C=O) groups excluding carboxylic acids is 1. The Morgan fingerprint density at radius 3 is 2.95 bits per heavy atom. The van der Waals surface area contributed by atoms with E-state index in [0.29, 0.717) is 17.2 Å². The Morgan fingerprint density at radius 2 is 2.14 bits per heavy atom. The Labute approximate surface area is 128 Å². The molecule has 1 unspecified atom stereocenters. The van der Waals surface area contributed by atoms with Crippen molar-refractivity contribution in [3.05, 3.63) is 30.0 Å². The second-order valence-electron chi connectivity index (χ2n) is 5.30. The molecular weight excluding hydrogens is 284 g/mol. The monoisotopic (exact) mass is 302 g/mol. The topological polar surface area (TPSA) is 73.6 Å². The van der Waals surface area contributed by atoms with Crippen LogP contribution in [-0.4, -0.2) is 23.9 Å².